The van der Waals surface area contributed by atoms with Crippen molar-refractivity contribution in [3.05, 3.63) is 29.8 Å². The Morgan fingerprint density at radius 2 is 1.85 bits per heavy atom. The predicted molar refractivity (Wildman–Crippen MR) is 89.9 cm³/mol. The molecule has 0 aromatic heterocycles. The maximum absolute atomic E-state index is 12.6. The van der Waals surface area contributed by atoms with Crippen LogP contribution in [0.4, 0.5) is 4.79 Å². The predicted octanol–water partition coefficient (Wildman–Crippen LogP) is 0.899. The highest BCUT2D eigenvalue weighted by Gasteiger charge is 2.28. The van der Waals surface area contributed by atoms with Gasteiger partial charge in [-0.3, -0.25) is 10.1 Å². The number of sulfonamides is 1. The van der Waals surface area contributed by atoms with Crippen LogP contribution in [0.5, 0.6) is 0 Å². The van der Waals surface area contributed by atoms with Crippen LogP contribution in [0.2, 0.25) is 0 Å². The van der Waals surface area contributed by atoms with Gasteiger partial charge in [-0.1, -0.05) is 6.07 Å². The molecule has 1 fully saturated rings. The summed E-state index contributed by atoms with van der Waals surface area (Å²) in [6.45, 7) is 2.17. The summed E-state index contributed by atoms with van der Waals surface area (Å²) >= 11 is 0. The minimum Gasteiger partial charge on any atom is -0.453 e. The number of carbonyl (C=O) groups is 3. The number of ether oxygens (including phenoxy) is 2. The number of methoxy groups -OCH3 is 1. The molecule has 1 aromatic carbocycles. The van der Waals surface area contributed by atoms with Crippen molar-refractivity contribution in [1.29, 1.82) is 0 Å². The van der Waals surface area contributed by atoms with Crippen LogP contribution in [0.25, 0.3) is 0 Å². The lowest BCUT2D eigenvalue weighted by Crippen LogP contribution is -2.39. The highest BCUT2D eigenvalue weighted by atomic mass is 32.2. The number of esters is 1. The number of nitrogens with zero attached hydrogens (tertiary/aromatic N) is 1. The fraction of sp³-hybridized carbons (Fsp3) is 0.438. The molecule has 0 bridgehead atoms. The van der Waals surface area contributed by atoms with Crippen molar-refractivity contribution < 1.29 is 32.3 Å². The van der Waals surface area contributed by atoms with Crippen molar-refractivity contribution in [2.24, 2.45) is 0 Å². The third-order valence-electron chi connectivity index (χ3n) is 3.84. The van der Waals surface area contributed by atoms with Gasteiger partial charge in [0.1, 0.15) is 0 Å². The zero-order valence-corrected chi connectivity index (χ0v) is 15.2. The fourth-order valence-corrected chi connectivity index (χ4v) is 3.96. The Kier molecular flexibility index (Phi) is 6.32. The van der Waals surface area contributed by atoms with Crippen LogP contribution in [-0.4, -0.2) is 57.0 Å². The number of rotatable bonds is 5. The molecule has 1 saturated heterocycles. The van der Waals surface area contributed by atoms with Crippen molar-refractivity contribution in [1.82, 2.24) is 9.62 Å². The van der Waals surface area contributed by atoms with E-state index < -0.39 is 34.1 Å². The van der Waals surface area contributed by atoms with Gasteiger partial charge in [-0.15, -0.1) is 0 Å². The lowest BCUT2D eigenvalue weighted by Gasteiger charge is -2.16. The summed E-state index contributed by atoms with van der Waals surface area (Å²) in [6.07, 6.45) is -0.640. The highest BCUT2D eigenvalue weighted by molar-refractivity contribution is 7.89. The Labute approximate surface area is 151 Å². The first kappa shape index (κ1) is 19.9. The summed E-state index contributed by atoms with van der Waals surface area (Å²) < 4.78 is 35.7. The molecular formula is C16H20N2O7S. The van der Waals surface area contributed by atoms with Gasteiger partial charge in [0.15, 0.2) is 6.10 Å². The van der Waals surface area contributed by atoms with Crippen LogP contribution in [0.1, 0.15) is 30.1 Å². The summed E-state index contributed by atoms with van der Waals surface area (Å²) in [6, 6.07) is 5.42. The topological polar surface area (TPSA) is 119 Å². The summed E-state index contributed by atoms with van der Waals surface area (Å²) in [5.41, 5.74) is -0.0111. The Hall–Kier alpha value is -2.46. The Morgan fingerprint density at radius 1 is 1.19 bits per heavy atom. The SMILES string of the molecule is COC(=O)NC(=O)[C@@H](C)OC(=O)c1cccc(S(=O)(=O)N2CCCC2)c1. The summed E-state index contributed by atoms with van der Waals surface area (Å²) in [5.74, 6) is -1.73. The van der Waals surface area contributed by atoms with Crippen LogP contribution < -0.4 is 5.32 Å². The molecule has 1 aromatic rings. The number of hydrogen-bond donors (Lipinski definition) is 1. The molecule has 1 heterocycles. The minimum atomic E-state index is -3.67. The third kappa shape index (κ3) is 4.58. The van der Waals surface area contributed by atoms with Crippen LogP contribution in [0, 0.1) is 0 Å². The molecule has 9 nitrogen and oxygen atoms in total. The zero-order valence-electron chi connectivity index (χ0n) is 14.4. The minimum absolute atomic E-state index is 0.0111. The first-order valence-corrected chi connectivity index (χ1v) is 9.39. The Bertz CT molecular complexity index is 801. The van der Waals surface area contributed by atoms with Gasteiger partial charge in [0.05, 0.1) is 17.6 Å². The van der Waals surface area contributed by atoms with E-state index in [9.17, 15) is 22.8 Å². The molecule has 26 heavy (non-hydrogen) atoms. The lowest BCUT2D eigenvalue weighted by atomic mass is 10.2. The molecular weight excluding hydrogens is 364 g/mol. The normalized spacial score (nSPS) is 15.9. The maximum Gasteiger partial charge on any atom is 0.413 e. The van der Waals surface area contributed by atoms with Crippen molar-refractivity contribution >= 4 is 28.0 Å². The number of imide groups is 1. The summed E-state index contributed by atoms with van der Waals surface area (Å²) in [5, 5.41) is 1.88. The summed E-state index contributed by atoms with van der Waals surface area (Å²) in [4.78, 5) is 34.9. The monoisotopic (exact) mass is 384 g/mol. The number of nitrogens with one attached hydrogen (secondary N) is 1. The molecule has 0 aliphatic carbocycles. The molecule has 1 aliphatic rings. The second kappa shape index (κ2) is 8.28. The molecule has 142 valence electrons. The number of alkyl carbamates (subject to hydrolysis) is 1. The molecule has 1 atom stereocenters. The van der Waals surface area contributed by atoms with Gasteiger partial charge in [0, 0.05) is 13.1 Å². The molecule has 1 N–H and O–H groups in total. The summed E-state index contributed by atoms with van der Waals surface area (Å²) in [7, 11) is -2.58. The number of carbonyl (C=O) groups excluding carboxylic acids is 3. The van der Waals surface area contributed by atoms with E-state index in [1.807, 2.05) is 5.32 Å². The maximum atomic E-state index is 12.6. The van der Waals surface area contributed by atoms with E-state index in [1.165, 1.54) is 35.5 Å². The van der Waals surface area contributed by atoms with E-state index in [2.05, 4.69) is 4.74 Å². The quantitative estimate of drug-likeness (QED) is 0.749. The van der Waals surface area contributed by atoms with Crippen molar-refractivity contribution in [2.75, 3.05) is 20.2 Å². The third-order valence-corrected chi connectivity index (χ3v) is 5.73. The molecule has 0 unspecified atom stereocenters. The second-order valence-corrected chi connectivity index (χ2v) is 7.61. The number of hydrogen-bond acceptors (Lipinski definition) is 7. The zero-order chi connectivity index (χ0) is 19.3. The van der Waals surface area contributed by atoms with Crippen LogP contribution in [0.3, 0.4) is 0 Å². The van der Waals surface area contributed by atoms with E-state index >= 15 is 0 Å². The van der Waals surface area contributed by atoms with Crippen LogP contribution in [0.15, 0.2) is 29.2 Å². The van der Waals surface area contributed by atoms with Gasteiger partial charge in [-0.25, -0.2) is 18.0 Å². The Morgan fingerprint density at radius 3 is 2.46 bits per heavy atom. The van der Waals surface area contributed by atoms with Crippen molar-refractivity contribution in [3.8, 4) is 0 Å². The average molecular weight is 384 g/mol. The van der Waals surface area contributed by atoms with E-state index in [0.717, 1.165) is 20.0 Å². The fourth-order valence-electron chi connectivity index (χ4n) is 2.40. The van der Waals surface area contributed by atoms with Gasteiger partial charge in [0.25, 0.3) is 5.91 Å². The smallest absolute Gasteiger partial charge is 0.413 e. The van der Waals surface area contributed by atoms with E-state index in [-0.39, 0.29) is 10.5 Å². The Balaban J connectivity index is 2.10. The van der Waals surface area contributed by atoms with E-state index in [0.29, 0.717) is 13.1 Å². The molecule has 0 saturated carbocycles. The van der Waals surface area contributed by atoms with Gasteiger partial charge < -0.3 is 9.47 Å². The molecule has 2 rings (SSSR count). The highest BCUT2D eigenvalue weighted by Crippen LogP contribution is 2.22. The lowest BCUT2D eigenvalue weighted by molar-refractivity contribution is -0.128. The molecule has 0 spiro atoms. The first-order valence-electron chi connectivity index (χ1n) is 7.95. The van der Waals surface area contributed by atoms with Crippen LogP contribution >= 0.6 is 0 Å². The van der Waals surface area contributed by atoms with E-state index in [1.54, 1.807) is 0 Å². The van der Waals surface area contributed by atoms with Crippen molar-refractivity contribution in [3.63, 3.8) is 0 Å². The van der Waals surface area contributed by atoms with Crippen molar-refractivity contribution in [2.45, 2.75) is 30.8 Å². The van der Waals surface area contributed by atoms with E-state index in [4.69, 9.17) is 4.74 Å². The van der Waals surface area contributed by atoms with Gasteiger partial charge in [-0.05, 0) is 38.0 Å². The first-order chi connectivity index (χ1) is 12.3. The largest absolute Gasteiger partial charge is 0.453 e. The molecule has 10 heteroatoms. The number of benzene rings is 1. The molecule has 0 radical (unpaired) electrons. The number of amides is 2. The van der Waals surface area contributed by atoms with Gasteiger partial charge in [-0.2, -0.15) is 4.31 Å². The van der Waals surface area contributed by atoms with Crippen LogP contribution in [-0.2, 0) is 24.3 Å². The molecule has 2 amide bonds. The average Bonchev–Trinajstić information content (AvgIpc) is 3.17. The van der Waals surface area contributed by atoms with Gasteiger partial charge in [0.2, 0.25) is 10.0 Å². The van der Waals surface area contributed by atoms with Gasteiger partial charge >= 0.3 is 12.1 Å². The standard InChI is InChI=1S/C16H20N2O7S/c1-11(14(19)17-16(21)24-2)25-15(20)12-6-5-7-13(10-12)26(22,23)18-8-3-4-9-18/h5-7,10-11H,3-4,8-9H2,1-2H3,(H,17,19,21)/t11-/m1/s1. The second-order valence-electron chi connectivity index (χ2n) is 5.67. The molecule has 1 aliphatic heterocycles.